The third kappa shape index (κ3) is 4.35. The number of benzene rings is 2. The molecule has 1 heterocycles. The molecule has 0 aliphatic rings. The van der Waals surface area contributed by atoms with Crippen LogP contribution in [0.4, 0.5) is 0 Å². The van der Waals surface area contributed by atoms with E-state index in [4.69, 9.17) is 9.47 Å². The van der Waals surface area contributed by atoms with Gasteiger partial charge in [-0.05, 0) is 61.2 Å². The van der Waals surface area contributed by atoms with Crippen molar-refractivity contribution < 1.29 is 14.3 Å². The summed E-state index contributed by atoms with van der Waals surface area (Å²) >= 11 is 3.49. The summed E-state index contributed by atoms with van der Waals surface area (Å²) < 4.78 is 13.6. The molecule has 0 radical (unpaired) electrons. The number of ether oxygens (including phenoxy) is 2. The number of nitrogens with zero attached hydrogens (tertiary/aromatic N) is 1. The van der Waals surface area contributed by atoms with Crippen LogP contribution in [0.3, 0.4) is 0 Å². The number of carbonyl (C=O) groups excluding carboxylic acids is 1. The van der Waals surface area contributed by atoms with E-state index < -0.39 is 0 Å². The van der Waals surface area contributed by atoms with Crippen molar-refractivity contribution in [3.05, 3.63) is 63.8 Å². The minimum atomic E-state index is -0.163. The molecule has 0 atom stereocenters. The lowest BCUT2D eigenvalue weighted by atomic mass is 10.0. The van der Waals surface area contributed by atoms with Crippen molar-refractivity contribution in [3.8, 4) is 5.75 Å². The monoisotopic (exact) mass is 429 g/mol. The van der Waals surface area contributed by atoms with Crippen LogP contribution in [0, 0.1) is 6.92 Å². The van der Waals surface area contributed by atoms with Gasteiger partial charge in [-0.1, -0.05) is 28.1 Å². The predicted molar refractivity (Wildman–Crippen MR) is 111 cm³/mol. The summed E-state index contributed by atoms with van der Waals surface area (Å²) in [7, 11) is 3.12. The largest absolute Gasteiger partial charge is 0.497 e. The van der Waals surface area contributed by atoms with E-state index in [1.807, 2.05) is 6.07 Å². The molecule has 2 aromatic carbocycles. The number of methoxy groups -OCH3 is 2. The molecule has 0 amide bonds. The molecule has 0 bridgehead atoms. The van der Waals surface area contributed by atoms with Gasteiger partial charge in [-0.15, -0.1) is 0 Å². The van der Waals surface area contributed by atoms with Gasteiger partial charge in [0.2, 0.25) is 0 Å². The molecule has 0 saturated heterocycles. The SMILES string of the molecule is COC(=O)CCCc1c(C)n(Cc2ccc(Br)cc2)c2ccc(OC)cc12. The van der Waals surface area contributed by atoms with Crippen LogP contribution in [0.5, 0.6) is 5.75 Å². The van der Waals surface area contributed by atoms with Gasteiger partial charge in [-0.25, -0.2) is 0 Å². The highest BCUT2D eigenvalue weighted by Gasteiger charge is 2.15. The molecule has 0 fully saturated rings. The van der Waals surface area contributed by atoms with Crippen molar-refractivity contribution in [2.75, 3.05) is 14.2 Å². The Hall–Kier alpha value is -2.27. The van der Waals surface area contributed by atoms with Gasteiger partial charge < -0.3 is 14.0 Å². The van der Waals surface area contributed by atoms with E-state index in [1.165, 1.54) is 34.8 Å². The molecule has 142 valence electrons. The fraction of sp³-hybridized carbons (Fsp3) is 0.318. The normalized spacial score (nSPS) is 11.0. The maximum atomic E-state index is 11.5. The molecule has 5 heteroatoms. The molecule has 0 aliphatic carbocycles. The zero-order valence-electron chi connectivity index (χ0n) is 15.9. The molecule has 0 saturated carbocycles. The Balaban J connectivity index is 1.98. The van der Waals surface area contributed by atoms with Crippen molar-refractivity contribution in [2.24, 2.45) is 0 Å². The summed E-state index contributed by atoms with van der Waals surface area (Å²) in [6.07, 6.45) is 2.03. The Morgan fingerprint density at radius 3 is 2.52 bits per heavy atom. The number of carbonyl (C=O) groups is 1. The van der Waals surface area contributed by atoms with Crippen LogP contribution in [0.25, 0.3) is 10.9 Å². The van der Waals surface area contributed by atoms with Gasteiger partial charge in [0, 0.05) is 34.0 Å². The highest BCUT2D eigenvalue weighted by Crippen LogP contribution is 2.31. The van der Waals surface area contributed by atoms with E-state index in [-0.39, 0.29) is 5.97 Å². The van der Waals surface area contributed by atoms with Crippen molar-refractivity contribution in [1.29, 1.82) is 0 Å². The van der Waals surface area contributed by atoms with Gasteiger partial charge in [0.15, 0.2) is 0 Å². The number of rotatable bonds is 7. The lowest BCUT2D eigenvalue weighted by molar-refractivity contribution is -0.140. The second-order valence-electron chi connectivity index (χ2n) is 6.59. The van der Waals surface area contributed by atoms with Gasteiger partial charge in [-0.3, -0.25) is 4.79 Å². The zero-order chi connectivity index (χ0) is 19.4. The van der Waals surface area contributed by atoms with Crippen LogP contribution in [0.15, 0.2) is 46.9 Å². The van der Waals surface area contributed by atoms with Gasteiger partial charge in [0.05, 0.1) is 14.2 Å². The lowest BCUT2D eigenvalue weighted by Crippen LogP contribution is -2.03. The predicted octanol–water partition coefficient (Wildman–Crippen LogP) is 5.26. The number of esters is 1. The van der Waals surface area contributed by atoms with Crippen molar-refractivity contribution in [2.45, 2.75) is 32.7 Å². The number of hydrogen-bond donors (Lipinski definition) is 0. The molecular formula is C22H24BrNO3. The zero-order valence-corrected chi connectivity index (χ0v) is 17.5. The molecule has 3 rings (SSSR count). The Morgan fingerprint density at radius 1 is 1.11 bits per heavy atom. The summed E-state index contributed by atoms with van der Waals surface area (Å²) in [5.41, 5.74) is 4.93. The summed E-state index contributed by atoms with van der Waals surface area (Å²) in [4.78, 5) is 11.5. The quantitative estimate of drug-likeness (QED) is 0.480. The van der Waals surface area contributed by atoms with E-state index >= 15 is 0 Å². The number of halogens is 1. The van der Waals surface area contributed by atoms with Gasteiger partial charge >= 0.3 is 5.97 Å². The smallest absolute Gasteiger partial charge is 0.305 e. The molecule has 27 heavy (non-hydrogen) atoms. The summed E-state index contributed by atoms with van der Waals surface area (Å²) in [5, 5.41) is 1.19. The average molecular weight is 430 g/mol. The van der Waals surface area contributed by atoms with Crippen LogP contribution in [-0.2, 0) is 22.5 Å². The van der Waals surface area contributed by atoms with Crippen LogP contribution in [0.2, 0.25) is 0 Å². The van der Waals surface area contributed by atoms with E-state index in [0.717, 1.165) is 29.6 Å². The van der Waals surface area contributed by atoms with Gasteiger partial charge in [0.1, 0.15) is 5.75 Å². The summed E-state index contributed by atoms with van der Waals surface area (Å²) in [5.74, 6) is 0.682. The second-order valence-corrected chi connectivity index (χ2v) is 7.51. The lowest BCUT2D eigenvalue weighted by Gasteiger charge is -2.10. The third-order valence-corrected chi connectivity index (χ3v) is 5.48. The first-order valence-corrected chi connectivity index (χ1v) is 9.79. The molecule has 0 spiro atoms. The van der Waals surface area contributed by atoms with Crippen molar-refractivity contribution >= 4 is 32.8 Å². The first-order valence-electron chi connectivity index (χ1n) is 9.00. The summed E-state index contributed by atoms with van der Waals surface area (Å²) in [6, 6.07) is 14.6. The van der Waals surface area contributed by atoms with Crippen LogP contribution < -0.4 is 4.74 Å². The molecule has 3 aromatic rings. The first kappa shape index (κ1) is 19.5. The minimum absolute atomic E-state index is 0.163. The van der Waals surface area contributed by atoms with Gasteiger partial charge in [0.25, 0.3) is 0 Å². The third-order valence-electron chi connectivity index (χ3n) is 4.95. The Morgan fingerprint density at radius 2 is 1.85 bits per heavy atom. The van der Waals surface area contributed by atoms with Crippen molar-refractivity contribution in [3.63, 3.8) is 0 Å². The molecule has 1 aromatic heterocycles. The highest BCUT2D eigenvalue weighted by atomic mass is 79.9. The number of aromatic nitrogens is 1. The Bertz CT molecular complexity index is 944. The maximum Gasteiger partial charge on any atom is 0.305 e. The number of aryl methyl sites for hydroxylation is 1. The van der Waals surface area contributed by atoms with E-state index in [2.05, 4.69) is 63.8 Å². The summed E-state index contributed by atoms with van der Waals surface area (Å²) in [6.45, 7) is 2.96. The second kappa shape index (κ2) is 8.61. The van der Waals surface area contributed by atoms with Crippen molar-refractivity contribution in [1.82, 2.24) is 4.57 Å². The van der Waals surface area contributed by atoms with Gasteiger partial charge in [-0.2, -0.15) is 0 Å². The molecular weight excluding hydrogens is 406 g/mol. The average Bonchev–Trinajstić information content (AvgIpc) is 2.94. The van der Waals surface area contributed by atoms with E-state index in [1.54, 1.807) is 7.11 Å². The maximum absolute atomic E-state index is 11.5. The van der Waals surface area contributed by atoms with Crippen LogP contribution in [0.1, 0.15) is 29.7 Å². The Labute approximate surface area is 168 Å². The topological polar surface area (TPSA) is 40.5 Å². The first-order chi connectivity index (χ1) is 13.0. The van der Waals surface area contributed by atoms with Crippen LogP contribution in [-0.4, -0.2) is 24.8 Å². The van der Waals surface area contributed by atoms with E-state index in [9.17, 15) is 4.79 Å². The molecule has 4 nitrogen and oxygen atoms in total. The standard InChI is InChI=1S/C22H24BrNO3/c1-15-19(5-4-6-22(25)27-3)20-13-18(26-2)11-12-21(20)24(15)14-16-7-9-17(23)10-8-16/h7-13H,4-6,14H2,1-3H3. The number of fused-ring (bicyclic) bond motifs is 1. The van der Waals surface area contributed by atoms with Crippen LogP contribution >= 0.6 is 15.9 Å². The molecule has 0 aliphatic heterocycles. The molecule has 0 unspecified atom stereocenters. The molecule has 0 N–H and O–H groups in total. The number of hydrogen-bond acceptors (Lipinski definition) is 3. The Kier molecular flexibility index (Phi) is 6.22. The fourth-order valence-corrected chi connectivity index (χ4v) is 3.73. The highest BCUT2D eigenvalue weighted by molar-refractivity contribution is 9.10. The fourth-order valence-electron chi connectivity index (χ4n) is 3.46. The van der Waals surface area contributed by atoms with E-state index in [0.29, 0.717) is 6.42 Å². The minimum Gasteiger partial charge on any atom is -0.497 e.